The summed E-state index contributed by atoms with van der Waals surface area (Å²) in [4.78, 5) is 24.6. The standard InChI is InChI=1S/C68H134O5/c1-3-5-7-9-11-13-15-17-19-21-23-25-26-27-28-29-30-31-32-33-34-35-36-37-38-39-40-41-43-45-47-49-51-53-55-57-59-61-63-68(71)73-66(64-69)65-72-67(70)62-60-58-56-54-52-50-48-46-44-42-24-22-20-18-16-14-12-10-8-6-4-2/h66,69H,3-65H2,1-2H3. The molecule has 436 valence electrons. The fraction of sp³-hybridized carbons (Fsp3) is 0.971. The fourth-order valence-corrected chi connectivity index (χ4v) is 11.0. The highest BCUT2D eigenvalue weighted by Gasteiger charge is 2.16. The maximum absolute atomic E-state index is 12.3. The van der Waals surface area contributed by atoms with Crippen molar-refractivity contribution in [2.75, 3.05) is 13.2 Å². The van der Waals surface area contributed by atoms with E-state index >= 15 is 0 Å². The minimum absolute atomic E-state index is 0.0555. The number of unbranched alkanes of at least 4 members (excludes halogenated alkanes) is 57. The Labute approximate surface area is 459 Å². The van der Waals surface area contributed by atoms with Crippen LogP contribution in [0.5, 0.6) is 0 Å². The minimum Gasteiger partial charge on any atom is -0.462 e. The van der Waals surface area contributed by atoms with Gasteiger partial charge in [-0.3, -0.25) is 9.59 Å². The first-order chi connectivity index (χ1) is 36.1. The van der Waals surface area contributed by atoms with Gasteiger partial charge in [-0.2, -0.15) is 0 Å². The quantitative estimate of drug-likeness (QED) is 0.0485. The van der Waals surface area contributed by atoms with E-state index in [-0.39, 0.29) is 25.2 Å². The average Bonchev–Trinajstić information content (AvgIpc) is 3.39. The normalized spacial score (nSPS) is 12.0. The summed E-state index contributed by atoms with van der Waals surface area (Å²) >= 11 is 0. The summed E-state index contributed by atoms with van der Waals surface area (Å²) < 4.78 is 10.8. The molecule has 1 unspecified atom stereocenters. The molecular weight excluding hydrogens is 897 g/mol. The van der Waals surface area contributed by atoms with E-state index in [1.807, 2.05) is 0 Å². The second kappa shape index (κ2) is 65.2. The molecule has 73 heavy (non-hydrogen) atoms. The first-order valence-corrected chi connectivity index (χ1v) is 34.1. The van der Waals surface area contributed by atoms with Gasteiger partial charge in [-0.05, 0) is 12.8 Å². The van der Waals surface area contributed by atoms with E-state index in [1.54, 1.807) is 0 Å². The molecule has 0 saturated heterocycles. The Morgan fingerprint density at radius 2 is 0.425 bits per heavy atom. The summed E-state index contributed by atoms with van der Waals surface area (Å²) in [7, 11) is 0. The Balaban J connectivity index is 3.33. The summed E-state index contributed by atoms with van der Waals surface area (Å²) in [5.74, 6) is -0.560. The summed E-state index contributed by atoms with van der Waals surface area (Å²) in [6.45, 7) is 4.22. The first-order valence-electron chi connectivity index (χ1n) is 34.1. The molecule has 0 saturated carbocycles. The van der Waals surface area contributed by atoms with Crippen LogP contribution in [-0.4, -0.2) is 36.4 Å². The van der Waals surface area contributed by atoms with Gasteiger partial charge in [-0.25, -0.2) is 0 Å². The zero-order valence-electron chi connectivity index (χ0n) is 50.2. The molecule has 5 heteroatoms. The number of hydrogen-bond acceptors (Lipinski definition) is 5. The van der Waals surface area contributed by atoms with Crippen LogP contribution in [0.4, 0.5) is 0 Å². The van der Waals surface area contributed by atoms with Crippen LogP contribution in [0.3, 0.4) is 0 Å². The van der Waals surface area contributed by atoms with Crippen molar-refractivity contribution in [2.24, 2.45) is 0 Å². The Bertz CT molecular complexity index is 1030. The second-order valence-corrected chi connectivity index (χ2v) is 23.6. The van der Waals surface area contributed by atoms with Crippen molar-refractivity contribution in [3.8, 4) is 0 Å². The lowest BCUT2D eigenvalue weighted by Gasteiger charge is -2.15. The number of carbonyl (C=O) groups is 2. The molecule has 0 aromatic carbocycles. The van der Waals surface area contributed by atoms with Crippen LogP contribution in [0.15, 0.2) is 0 Å². The van der Waals surface area contributed by atoms with E-state index in [9.17, 15) is 14.7 Å². The number of aliphatic hydroxyl groups excluding tert-OH is 1. The largest absolute Gasteiger partial charge is 0.462 e. The van der Waals surface area contributed by atoms with Gasteiger partial charge in [0.25, 0.3) is 0 Å². The van der Waals surface area contributed by atoms with Crippen LogP contribution < -0.4 is 0 Å². The zero-order valence-corrected chi connectivity index (χ0v) is 50.2. The van der Waals surface area contributed by atoms with E-state index < -0.39 is 6.10 Å². The molecule has 5 nitrogen and oxygen atoms in total. The summed E-state index contributed by atoms with van der Waals surface area (Å²) in [5.41, 5.74) is 0. The molecule has 0 heterocycles. The molecule has 0 fully saturated rings. The van der Waals surface area contributed by atoms with Gasteiger partial charge in [-0.15, -0.1) is 0 Å². The fourth-order valence-electron chi connectivity index (χ4n) is 11.0. The van der Waals surface area contributed by atoms with Crippen molar-refractivity contribution < 1.29 is 24.2 Å². The van der Waals surface area contributed by atoms with E-state index in [4.69, 9.17) is 9.47 Å². The Kier molecular flexibility index (Phi) is 64.2. The van der Waals surface area contributed by atoms with Crippen LogP contribution in [0.25, 0.3) is 0 Å². The van der Waals surface area contributed by atoms with Crippen LogP contribution >= 0.6 is 0 Å². The Hall–Kier alpha value is -1.10. The molecule has 0 aliphatic rings. The van der Waals surface area contributed by atoms with Gasteiger partial charge in [0.15, 0.2) is 6.10 Å². The lowest BCUT2D eigenvalue weighted by molar-refractivity contribution is -0.161. The third-order valence-electron chi connectivity index (χ3n) is 16.2. The lowest BCUT2D eigenvalue weighted by Crippen LogP contribution is -2.28. The predicted octanol–water partition coefficient (Wildman–Crippen LogP) is 23.3. The second-order valence-electron chi connectivity index (χ2n) is 23.6. The number of esters is 2. The van der Waals surface area contributed by atoms with Gasteiger partial charge in [0, 0.05) is 12.8 Å². The molecule has 0 aliphatic heterocycles. The van der Waals surface area contributed by atoms with Gasteiger partial charge >= 0.3 is 11.9 Å². The zero-order chi connectivity index (χ0) is 52.7. The molecule has 0 spiro atoms. The molecule has 1 N–H and O–H groups in total. The molecule has 0 bridgehead atoms. The number of rotatable bonds is 65. The summed E-state index contributed by atoms with van der Waals surface area (Å²) in [5, 5.41) is 9.68. The smallest absolute Gasteiger partial charge is 0.306 e. The maximum atomic E-state index is 12.3. The lowest BCUT2D eigenvalue weighted by atomic mass is 10.0. The van der Waals surface area contributed by atoms with Crippen molar-refractivity contribution in [1.29, 1.82) is 0 Å². The number of hydrogen-bond donors (Lipinski definition) is 1. The number of ether oxygens (including phenoxy) is 2. The predicted molar refractivity (Wildman–Crippen MR) is 321 cm³/mol. The molecule has 0 radical (unpaired) electrons. The number of carbonyl (C=O) groups excluding carboxylic acids is 2. The van der Waals surface area contributed by atoms with Crippen molar-refractivity contribution in [3.63, 3.8) is 0 Å². The van der Waals surface area contributed by atoms with Gasteiger partial charge in [-0.1, -0.05) is 380 Å². The van der Waals surface area contributed by atoms with Crippen molar-refractivity contribution in [2.45, 2.75) is 412 Å². The van der Waals surface area contributed by atoms with Crippen molar-refractivity contribution in [1.82, 2.24) is 0 Å². The SMILES string of the molecule is CCCCCCCCCCCCCCCCCCCCCCCCCCCCCCCCCCCCCCCCC(=O)OC(CO)COC(=O)CCCCCCCCCCCCCCCCCCCCCCC. The number of aliphatic hydroxyl groups is 1. The molecule has 0 aliphatic carbocycles. The molecule has 0 rings (SSSR count). The minimum atomic E-state index is -0.765. The van der Waals surface area contributed by atoms with Gasteiger partial charge in [0.05, 0.1) is 6.61 Å². The Morgan fingerprint density at radius 1 is 0.260 bits per heavy atom. The first kappa shape index (κ1) is 71.9. The average molecular weight is 1030 g/mol. The highest BCUT2D eigenvalue weighted by atomic mass is 16.6. The van der Waals surface area contributed by atoms with Crippen LogP contribution in [-0.2, 0) is 19.1 Å². The summed E-state index contributed by atoms with van der Waals surface area (Å²) in [6, 6.07) is 0. The van der Waals surface area contributed by atoms with Crippen LogP contribution in [0, 0.1) is 0 Å². The van der Waals surface area contributed by atoms with Gasteiger partial charge in [0.2, 0.25) is 0 Å². The van der Waals surface area contributed by atoms with Gasteiger partial charge < -0.3 is 14.6 Å². The molecular formula is C68H134O5. The van der Waals surface area contributed by atoms with Crippen LogP contribution in [0.2, 0.25) is 0 Å². The molecule has 0 amide bonds. The highest BCUT2D eigenvalue weighted by molar-refractivity contribution is 5.70. The van der Waals surface area contributed by atoms with E-state index in [0.29, 0.717) is 12.8 Å². The third-order valence-corrected chi connectivity index (χ3v) is 16.2. The van der Waals surface area contributed by atoms with E-state index in [1.165, 1.54) is 347 Å². The van der Waals surface area contributed by atoms with Crippen LogP contribution in [0.1, 0.15) is 406 Å². The van der Waals surface area contributed by atoms with E-state index in [2.05, 4.69) is 13.8 Å². The molecule has 0 aromatic heterocycles. The van der Waals surface area contributed by atoms with E-state index in [0.717, 1.165) is 32.1 Å². The van der Waals surface area contributed by atoms with Gasteiger partial charge in [0.1, 0.15) is 6.61 Å². The Morgan fingerprint density at radius 3 is 0.603 bits per heavy atom. The highest BCUT2D eigenvalue weighted by Crippen LogP contribution is 2.20. The maximum Gasteiger partial charge on any atom is 0.306 e. The summed E-state index contributed by atoms with van der Waals surface area (Å²) in [6.07, 6.45) is 81.5. The third kappa shape index (κ3) is 63.3. The molecule has 0 aromatic rings. The van der Waals surface area contributed by atoms with Crippen molar-refractivity contribution in [3.05, 3.63) is 0 Å². The molecule has 1 atom stereocenters. The topological polar surface area (TPSA) is 72.8 Å². The van der Waals surface area contributed by atoms with Crippen molar-refractivity contribution >= 4 is 11.9 Å². The monoisotopic (exact) mass is 1030 g/mol.